The zero-order chi connectivity index (χ0) is 18.2. The van der Waals surface area contributed by atoms with Gasteiger partial charge in [0.05, 0.1) is 6.20 Å². The number of hydrogen-bond acceptors (Lipinski definition) is 5. The Kier molecular flexibility index (Phi) is 3.79. The number of aromatic nitrogens is 5. The van der Waals surface area contributed by atoms with E-state index in [9.17, 15) is 4.79 Å². The van der Waals surface area contributed by atoms with E-state index in [4.69, 9.17) is 0 Å². The Bertz CT molecular complexity index is 1290. The van der Waals surface area contributed by atoms with Crippen molar-refractivity contribution in [3.8, 4) is 11.1 Å². The van der Waals surface area contributed by atoms with Gasteiger partial charge in [-0.1, -0.05) is 36.4 Å². The molecule has 0 saturated carbocycles. The lowest BCUT2D eigenvalue weighted by molar-refractivity contribution is 0.677. The molecule has 132 valence electrons. The normalized spacial score (nSPS) is 11.4. The second-order valence-corrected chi connectivity index (χ2v) is 7.27. The molecule has 0 unspecified atom stereocenters. The molecular formula is C20H15N5OS. The van der Waals surface area contributed by atoms with Crippen molar-refractivity contribution in [3.63, 3.8) is 0 Å². The summed E-state index contributed by atoms with van der Waals surface area (Å²) < 4.78 is 3.37. The molecule has 0 aliphatic heterocycles. The minimum Gasteiger partial charge on any atom is -0.313 e. The topological polar surface area (TPSA) is 65.1 Å². The van der Waals surface area contributed by atoms with Crippen LogP contribution in [0.1, 0.15) is 4.88 Å². The van der Waals surface area contributed by atoms with Crippen LogP contribution in [-0.4, -0.2) is 24.4 Å². The van der Waals surface area contributed by atoms with Gasteiger partial charge in [0.1, 0.15) is 5.52 Å². The smallest absolute Gasteiger partial charge is 0.280 e. The maximum Gasteiger partial charge on any atom is 0.280 e. The van der Waals surface area contributed by atoms with Crippen LogP contribution >= 0.6 is 11.3 Å². The molecule has 0 amide bonds. The van der Waals surface area contributed by atoms with Crippen molar-refractivity contribution in [2.24, 2.45) is 0 Å². The number of benzene rings is 1. The van der Waals surface area contributed by atoms with Crippen LogP contribution in [0, 0.1) is 0 Å². The first-order valence-corrected chi connectivity index (χ1v) is 9.50. The minimum atomic E-state index is -0.143. The van der Waals surface area contributed by atoms with E-state index in [-0.39, 0.29) is 5.56 Å². The molecule has 0 saturated heterocycles. The van der Waals surface area contributed by atoms with E-state index < -0.39 is 0 Å². The Morgan fingerprint density at radius 2 is 1.89 bits per heavy atom. The first-order valence-electron chi connectivity index (χ1n) is 8.62. The molecule has 0 bridgehead atoms. The van der Waals surface area contributed by atoms with Crippen LogP contribution < -0.4 is 5.56 Å². The third-order valence-electron chi connectivity index (χ3n) is 4.60. The molecule has 0 N–H and O–H groups in total. The molecule has 6 nitrogen and oxygen atoms in total. The van der Waals surface area contributed by atoms with Crippen molar-refractivity contribution in [3.05, 3.63) is 81.5 Å². The summed E-state index contributed by atoms with van der Waals surface area (Å²) in [6.45, 7) is 0.614. The van der Waals surface area contributed by atoms with E-state index in [0.29, 0.717) is 23.2 Å². The lowest BCUT2D eigenvalue weighted by Crippen LogP contribution is -2.22. The Balaban J connectivity index is 1.59. The molecule has 0 spiro atoms. The number of hydrogen-bond donors (Lipinski definition) is 0. The Hall–Kier alpha value is -3.32. The zero-order valence-electron chi connectivity index (χ0n) is 14.3. The lowest BCUT2D eigenvalue weighted by Gasteiger charge is -2.07. The summed E-state index contributed by atoms with van der Waals surface area (Å²) >= 11 is 1.70. The quantitative estimate of drug-likeness (QED) is 0.484. The predicted octanol–water partition coefficient (Wildman–Crippen LogP) is 3.41. The highest BCUT2D eigenvalue weighted by Gasteiger charge is 2.14. The third kappa shape index (κ3) is 2.72. The lowest BCUT2D eigenvalue weighted by atomic mass is 10.1. The second-order valence-electron chi connectivity index (χ2n) is 6.24. The van der Waals surface area contributed by atoms with E-state index in [1.165, 1.54) is 4.88 Å². The molecule has 0 aliphatic carbocycles. The summed E-state index contributed by atoms with van der Waals surface area (Å²) in [4.78, 5) is 14.1. The maximum atomic E-state index is 12.8. The van der Waals surface area contributed by atoms with E-state index >= 15 is 0 Å². The number of rotatable bonds is 4. The van der Waals surface area contributed by atoms with Gasteiger partial charge in [0, 0.05) is 23.2 Å². The number of fused-ring (bicyclic) bond motifs is 3. The number of aryl methyl sites for hydroxylation is 2. The van der Waals surface area contributed by atoms with Crippen LogP contribution in [0.4, 0.5) is 0 Å². The molecule has 0 aliphatic rings. The van der Waals surface area contributed by atoms with E-state index in [2.05, 4.69) is 21.4 Å². The number of nitrogens with zero attached hydrogens (tertiary/aromatic N) is 5. The summed E-state index contributed by atoms with van der Waals surface area (Å²) in [6.07, 6.45) is 4.39. The van der Waals surface area contributed by atoms with Gasteiger partial charge in [-0.2, -0.15) is 5.10 Å². The standard InChI is InChI=1S/C20H15N5OS/c26-20-18-17(9-11-24(20)10-8-15-7-4-12-27-15)25-19(23-22-18)16(13-21-25)14-5-2-1-3-6-14/h1-7,9,11-13H,8,10H2. The fourth-order valence-corrected chi connectivity index (χ4v) is 3.91. The Morgan fingerprint density at radius 3 is 2.70 bits per heavy atom. The van der Waals surface area contributed by atoms with Crippen molar-refractivity contribution in [2.45, 2.75) is 13.0 Å². The van der Waals surface area contributed by atoms with Gasteiger partial charge in [-0.05, 0) is 29.5 Å². The highest BCUT2D eigenvalue weighted by molar-refractivity contribution is 7.09. The van der Waals surface area contributed by atoms with Crippen LogP contribution in [0.3, 0.4) is 0 Å². The van der Waals surface area contributed by atoms with Gasteiger partial charge in [0.25, 0.3) is 5.56 Å². The van der Waals surface area contributed by atoms with Gasteiger partial charge in [0.15, 0.2) is 11.2 Å². The molecule has 5 rings (SSSR count). The van der Waals surface area contributed by atoms with Crippen molar-refractivity contribution in [2.75, 3.05) is 0 Å². The minimum absolute atomic E-state index is 0.143. The summed E-state index contributed by atoms with van der Waals surface area (Å²) in [7, 11) is 0. The molecular weight excluding hydrogens is 358 g/mol. The predicted molar refractivity (Wildman–Crippen MR) is 106 cm³/mol. The van der Waals surface area contributed by atoms with Gasteiger partial charge in [0.2, 0.25) is 0 Å². The van der Waals surface area contributed by atoms with Gasteiger partial charge in [-0.15, -0.1) is 21.5 Å². The fourth-order valence-electron chi connectivity index (χ4n) is 3.21. The Morgan fingerprint density at radius 1 is 1.00 bits per heavy atom. The van der Waals surface area contributed by atoms with Crippen molar-refractivity contribution < 1.29 is 0 Å². The van der Waals surface area contributed by atoms with E-state index in [1.54, 1.807) is 26.6 Å². The van der Waals surface area contributed by atoms with E-state index in [0.717, 1.165) is 17.5 Å². The van der Waals surface area contributed by atoms with Crippen molar-refractivity contribution in [1.82, 2.24) is 24.4 Å². The molecule has 0 fully saturated rings. The number of pyridine rings is 1. The largest absolute Gasteiger partial charge is 0.313 e. The highest BCUT2D eigenvalue weighted by Crippen LogP contribution is 2.23. The van der Waals surface area contributed by atoms with Crippen LogP contribution in [0.25, 0.3) is 27.8 Å². The maximum absolute atomic E-state index is 12.8. The second kappa shape index (κ2) is 6.44. The average Bonchev–Trinajstić information content (AvgIpc) is 3.38. The summed E-state index contributed by atoms with van der Waals surface area (Å²) in [6, 6.07) is 15.9. The van der Waals surface area contributed by atoms with Gasteiger partial charge in [-0.3, -0.25) is 4.79 Å². The molecule has 4 aromatic heterocycles. The van der Waals surface area contributed by atoms with Gasteiger partial charge < -0.3 is 4.57 Å². The van der Waals surface area contributed by atoms with Crippen LogP contribution in [0.15, 0.2) is 71.1 Å². The summed E-state index contributed by atoms with van der Waals surface area (Å²) in [5.74, 6) is 0. The molecule has 0 radical (unpaired) electrons. The highest BCUT2D eigenvalue weighted by atomic mass is 32.1. The first kappa shape index (κ1) is 15.9. The van der Waals surface area contributed by atoms with Crippen LogP contribution in [0.5, 0.6) is 0 Å². The fraction of sp³-hybridized carbons (Fsp3) is 0.100. The number of thiophene rings is 1. The molecule has 0 atom stereocenters. The first-order chi connectivity index (χ1) is 13.3. The Labute approximate surface area is 158 Å². The van der Waals surface area contributed by atoms with Gasteiger partial charge in [-0.25, -0.2) is 4.52 Å². The van der Waals surface area contributed by atoms with Crippen molar-refractivity contribution in [1.29, 1.82) is 0 Å². The molecule has 1 aromatic carbocycles. The molecule has 7 heteroatoms. The summed E-state index contributed by atoms with van der Waals surface area (Å²) in [5.41, 5.74) is 3.41. The molecule has 4 heterocycles. The molecule has 27 heavy (non-hydrogen) atoms. The monoisotopic (exact) mass is 373 g/mol. The van der Waals surface area contributed by atoms with Crippen molar-refractivity contribution >= 4 is 28.0 Å². The average molecular weight is 373 g/mol. The van der Waals surface area contributed by atoms with Crippen LogP contribution in [0.2, 0.25) is 0 Å². The SMILES string of the molecule is O=c1c2nnc3c(-c4ccccc4)cnn3c2ccn1CCc1cccs1. The zero-order valence-corrected chi connectivity index (χ0v) is 15.1. The van der Waals surface area contributed by atoms with Gasteiger partial charge >= 0.3 is 0 Å². The third-order valence-corrected chi connectivity index (χ3v) is 5.54. The molecule has 5 aromatic rings. The van der Waals surface area contributed by atoms with E-state index in [1.807, 2.05) is 54.0 Å². The van der Waals surface area contributed by atoms with Crippen LogP contribution in [-0.2, 0) is 13.0 Å². The summed E-state index contributed by atoms with van der Waals surface area (Å²) in [5, 5.41) is 15.0.